The van der Waals surface area contributed by atoms with E-state index in [1.165, 1.54) is 6.92 Å². The molecular formula is C15H22ClN3O2. The van der Waals surface area contributed by atoms with Crippen molar-refractivity contribution in [3.8, 4) is 0 Å². The topological polar surface area (TPSA) is 61.4 Å². The van der Waals surface area contributed by atoms with Gasteiger partial charge in [0.1, 0.15) is 0 Å². The molecule has 1 aromatic rings. The Morgan fingerprint density at radius 3 is 2.76 bits per heavy atom. The Bertz CT molecular complexity index is 507. The molecule has 1 aromatic carbocycles. The number of anilines is 1. The molecule has 0 bridgehead atoms. The number of rotatable bonds is 5. The number of ketones is 1. The fourth-order valence-corrected chi connectivity index (χ4v) is 2.43. The molecule has 1 atom stereocenters. The number of carbonyl (C=O) groups excluding carboxylic acids is 2. The van der Waals surface area contributed by atoms with Gasteiger partial charge in [0.15, 0.2) is 5.78 Å². The van der Waals surface area contributed by atoms with Crippen LogP contribution in [0.3, 0.4) is 0 Å². The van der Waals surface area contributed by atoms with Crippen molar-refractivity contribution in [1.29, 1.82) is 0 Å². The van der Waals surface area contributed by atoms with E-state index in [1.54, 1.807) is 24.3 Å². The first-order chi connectivity index (χ1) is 9.58. The van der Waals surface area contributed by atoms with E-state index in [1.807, 2.05) is 7.05 Å². The van der Waals surface area contributed by atoms with E-state index in [9.17, 15) is 9.59 Å². The van der Waals surface area contributed by atoms with Gasteiger partial charge in [-0.1, -0.05) is 12.1 Å². The van der Waals surface area contributed by atoms with Gasteiger partial charge < -0.3 is 10.6 Å². The Kier molecular flexibility index (Phi) is 6.81. The molecule has 2 N–H and O–H groups in total. The Morgan fingerprint density at radius 2 is 2.14 bits per heavy atom. The SMILES string of the molecule is CNC1CCN(CC(=O)Nc2cccc(C(C)=O)c2)C1.Cl. The quantitative estimate of drug-likeness (QED) is 0.810. The summed E-state index contributed by atoms with van der Waals surface area (Å²) in [5.74, 6) is -0.0417. The zero-order chi connectivity index (χ0) is 14.5. The van der Waals surface area contributed by atoms with E-state index in [0.29, 0.717) is 23.8 Å². The van der Waals surface area contributed by atoms with Gasteiger partial charge in [0.2, 0.25) is 5.91 Å². The molecule has 0 aliphatic carbocycles. The third-order valence-electron chi connectivity index (χ3n) is 3.60. The van der Waals surface area contributed by atoms with Crippen LogP contribution in [0.5, 0.6) is 0 Å². The number of halogens is 1. The smallest absolute Gasteiger partial charge is 0.238 e. The van der Waals surface area contributed by atoms with Gasteiger partial charge in [-0.3, -0.25) is 14.5 Å². The van der Waals surface area contributed by atoms with Gasteiger partial charge in [0.05, 0.1) is 6.54 Å². The van der Waals surface area contributed by atoms with Crippen molar-refractivity contribution in [3.05, 3.63) is 29.8 Å². The highest BCUT2D eigenvalue weighted by atomic mass is 35.5. The summed E-state index contributed by atoms with van der Waals surface area (Å²) in [5, 5.41) is 6.07. The van der Waals surface area contributed by atoms with Crippen molar-refractivity contribution in [2.45, 2.75) is 19.4 Å². The average molecular weight is 312 g/mol. The second-order valence-corrected chi connectivity index (χ2v) is 5.19. The summed E-state index contributed by atoms with van der Waals surface area (Å²) in [6, 6.07) is 7.50. The monoisotopic (exact) mass is 311 g/mol. The molecule has 1 saturated heterocycles. The Balaban J connectivity index is 0.00000220. The summed E-state index contributed by atoms with van der Waals surface area (Å²) < 4.78 is 0. The standard InChI is InChI=1S/C15H21N3O2.ClH/c1-11(19)12-4-3-5-13(8-12)17-15(20)10-18-7-6-14(9-18)16-2;/h3-5,8,14,16H,6-7,9-10H2,1-2H3,(H,17,20);1H. The molecule has 6 heteroatoms. The number of amides is 1. The summed E-state index contributed by atoms with van der Waals surface area (Å²) in [6.45, 7) is 3.75. The van der Waals surface area contributed by atoms with Crippen molar-refractivity contribution in [2.24, 2.45) is 0 Å². The van der Waals surface area contributed by atoms with Crippen molar-refractivity contribution >= 4 is 29.8 Å². The van der Waals surface area contributed by atoms with Crippen molar-refractivity contribution in [1.82, 2.24) is 10.2 Å². The van der Waals surface area contributed by atoms with E-state index in [-0.39, 0.29) is 24.1 Å². The van der Waals surface area contributed by atoms with Gasteiger partial charge >= 0.3 is 0 Å². The van der Waals surface area contributed by atoms with Crippen LogP contribution < -0.4 is 10.6 Å². The minimum atomic E-state index is -0.0394. The van der Waals surface area contributed by atoms with Gasteiger partial charge in [-0.2, -0.15) is 0 Å². The molecule has 0 radical (unpaired) electrons. The normalized spacial score (nSPS) is 18.1. The summed E-state index contributed by atoms with van der Waals surface area (Å²) in [7, 11) is 1.95. The molecule has 1 aliphatic rings. The number of Topliss-reactive ketones (excluding diaryl/α,β-unsaturated/α-hetero) is 1. The maximum Gasteiger partial charge on any atom is 0.238 e. The molecule has 21 heavy (non-hydrogen) atoms. The van der Waals surface area contributed by atoms with Gasteiger partial charge in [-0.15, -0.1) is 12.4 Å². The highest BCUT2D eigenvalue weighted by Crippen LogP contribution is 2.12. The molecule has 0 saturated carbocycles. The Labute approximate surface area is 131 Å². The third kappa shape index (κ3) is 5.12. The van der Waals surface area contributed by atoms with Gasteiger partial charge in [-0.25, -0.2) is 0 Å². The minimum Gasteiger partial charge on any atom is -0.325 e. The number of benzene rings is 1. The molecule has 2 rings (SSSR count). The molecular weight excluding hydrogens is 290 g/mol. The number of likely N-dealkylation sites (N-methyl/N-ethyl adjacent to an activating group) is 1. The molecule has 1 unspecified atom stereocenters. The van der Waals surface area contributed by atoms with Crippen LogP contribution in [0.25, 0.3) is 0 Å². The summed E-state index contributed by atoms with van der Waals surface area (Å²) in [5.41, 5.74) is 1.28. The largest absolute Gasteiger partial charge is 0.325 e. The first-order valence-corrected chi connectivity index (χ1v) is 6.89. The third-order valence-corrected chi connectivity index (χ3v) is 3.60. The summed E-state index contributed by atoms with van der Waals surface area (Å²) in [6.07, 6.45) is 1.07. The zero-order valence-electron chi connectivity index (χ0n) is 12.4. The van der Waals surface area contributed by atoms with E-state index in [2.05, 4.69) is 15.5 Å². The Hall–Kier alpha value is -1.43. The van der Waals surface area contributed by atoms with E-state index < -0.39 is 0 Å². The first kappa shape index (κ1) is 17.6. The molecule has 1 heterocycles. The molecule has 1 fully saturated rings. The molecule has 0 aromatic heterocycles. The second kappa shape index (κ2) is 8.12. The minimum absolute atomic E-state index is 0. The van der Waals surface area contributed by atoms with Crippen LogP contribution in [0.1, 0.15) is 23.7 Å². The predicted molar refractivity (Wildman–Crippen MR) is 86.2 cm³/mol. The number of likely N-dealkylation sites (tertiary alicyclic amines) is 1. The molecule has 1 amide bonds. The number of hydrogen-bond donors (Lipinski definition) is 2. The molecule has 0 spiro atoms. The average Bonchev–Trinajstić information content (AvgIpc) is 2.86. The number of nitrogens with zero attached hydrogens (tertiary/aromatic N) is 1. The maximum atomic E-state index is 12.0. The van der Waals surface area contributed by atoms with Crippen LogP contribution in [0.2, 0.25) is 0 Å². The Morgan fingerprint density at radius 1 is 1.38 bits per heavy atom. The van der Waals surface area contributed by atoms with Crippen LogP contribution in [-0.4, -0.2) is 49.3 Å². The number of hydrogen-bond acceptors (Lipinski definition) is 4. The number of carbonyl (C=O) groups is 2. The lowest BCUT2D eigenvalue weighted by Gasteiger charge is -2.15. The second-order valence-electron chi connectivity index (χ2n) is 5.19. The van der Waals surface area contributed by atoms with Crippen LogP contribution in [0, 0.1) is 0 Å². The lowest BCUT2D eigenvalue weighted by Crippen LogP contribution is -2.34. The fraction of sp³-hybridized carbons (Fsp3) is 0.467. The van der Waals surface area contributed by atoms with E-state index in [0.717, 1.165) is 19.5 Å². The predicted octanol–water partition coefficient (Wildman–Crippen LogP) is 1.54. The highest BCUT2D eigenvalue weighted by molar-refractivity contribution is 5.97. The van der Waals surface area contributed by atoms with Gasteiger partial charge in [-0.05, 0) is 32.5 Å². The fourth-order valence-electron chi connectivity index (χ4n) is 2.43. The maximum absolute atomic E-state index is 12.0. The van der Waals surface area contributed by atoms with Crippen molar-refractivity contribution < 1.29 is 9.59 Å². The molecule has 116 valence electrons. The first-order valence-electron chi connectivity index (χ1n) is 6.89. The summed E-state index contributed by atoms with van der Waals surface area (Å²) >= 11 is 0. The lowest BCUT2D eigenvalue weighted by molar-refractivity contribution is -0.117. The van der Waals surface area contributed by atoms with Crippen LogP contribution >= 0.6 is 12.4 Å². The van der Waals surface area contributed by atoms with Crippen LogP contribution in [-0.2, 0) is 4.79 Å². The lowest BCUT2D eigenvalue weighted by atomic mass is 10.1. The summed E-state index contributed by atoms with van der Waals surface area (Å²) in [4.78, 5) is 25.4. The zero-order valence-corrected chi connectivity index (χ0v) is 13.2. The van der Waals surface area contributed by atoms with E-state index in [4.69, 9.17) is 0 Å². The van der Waals surface area contributed by atoms with Crippen LogP contribution in [0.15, 0.2) is 24.3 Å². The van der Waals surface area contributed by atoms with Crippen LogP contribution in [0.4, 0.5) is 5.69 Å². The van der Waals surface area contributed by atoms with Crippen molar-refractivity contribution in [3.63, 3.8) is 0 Å². The van der Waals surface area contributed by atoms with Gasteiger partial charge in [0, 0.05) is 30.4 Å². The number of nitrogens with one attached hydrogen (secondary N) is 2. The molecule has 1 aliphatic heterocycles. The molecule has 5 nitrogen and oxygen atoms in total. The van der Waals surface area contributed by atoms with Crippen molar-refractivity contribution in [2.75, 3.05) is 32.0 Å². The van der Waals surface area contributed by atoms with E-state index >= 15 is 0 Å². The highest BCUT2D eigenvalue weighted by Gasteiger charge is 2.22. The van der Waals surface area contributed by atoms with Gasteiger partial charge in [0.25, 0.3) is 0 Å².